The summed E-state index contributed by atoms with van der Waals surface area (Å²) in [7, 11) is -3.89. The van der Waals surface area contributed by atoms with Crippen molar-refractivity contribution in [2.75, 3.05) is 22.5 Å². The molecule has 6 nitrogen and oxygen atoms in total. The van der Waals surface area contributed by atoms with Gasteiger partial charge in [-0.3, -0.25) is 9.10 Å². The van der Waals surface area contributed by atoms with Crippen LogP contribution in [0.4, 0.5) is 15.8 Å². The van der Waals surface area contributed by atoms with E-state index in [0.29, 0.717) is 18.0 Å². The number of hydrogen-bond acceptors (Lipinski definition) is 4. The molecule has 0 aliphatic carbocycles. The van der Waals surface area contributed by atoms with Crippen molar-refractivity contribution in [3.05, 3.63) is 54.3 Å². The summed E-state index contributed by atoms with van der Waals surface area (Å²) in [5, 5.41) is 2.63. The van der Waals surface area contributed by atoms with Gasteiger partial charge in [-0.05, 0) is 38.1 Å². The van der Waals surface area contributed by atoms with Gasteiger partial charge in [-0.2, -0.15) is 0 Å². The highest BCUT2D eigenvalue weighted by molar-refractivity contribution is 7.92. The van der Waals surface area contributed by atoms with E-state index in [0.717, 1.165) is 16.6 Å². The minimum absolute atomic E-state index is 0.180. The first-order valence-corrected chi connectivity index (χ1v) is 9.86. The van der Waals surface area contributed by atoms with E-state index in [1.807, 2.05) is 6.92 Å². The Labute approximate surface area is 152 Å². The number of amides is 1. The molecule has 0 fully saturated rings. The van der Waals surface area contributed by atoms with E-state index < -0.39 is 27.8 Å². The highest BCUT2D eigenvalue weighted by atomic mass is 32.2. The molecule has 0 heterocycles. The fourth-order valence-corrected chi connectivity index (χ4v) is 3.66. The molecule has 2 aromatic rings. The molecule has 140 valence electrons. The molecule has 1 amide bonds. The average molecular weight is 380 g/mol. The lowest BCUT2D eigenvalue weighted by Crippen LogP contribution is -2.45. The maximum atomic E-state index is 14.1. The Balaban J connectivity index is 2.29. The number of nitrogens with zero attached hydrogens (tertiary/aromatic N) is 1. The first-order valence-electron chi connectivity index (χ1n) is 8.01. The van der Waals surface area contributed by atoms with Crippen molar-refractivity contribution in [2.24, 2.45) is 0 Å². The predicted molar refractivity (Wildman–Crippen MR) is 99.4 cm³/mol. The monoisotopic (exact) mass is 380 g/mol. The fourth-order valence-electron chi connectivity index (χ4n) is 2.49. The molecule has 0 saturated heterocycles. The number of ether oxygens (including phenoxy) is 1. The normalized spacial score (nSPS) is 12.3. The third kappa shape index (κ3) is 4.72. The second-order valence-electron chi connectivity index (χ2n) is 5.64. The number of halogens is 1. The molecule has 0 aliphatic heterocycles. The number of nitrogens with one attached hydrogen (secondary N) is 1. The lowest BCUT2D eigenvalue weighted by Gasteiger charge is -2.28. The topological polar surface area (TPSA) is 75.7 Å². The van der Waals surface area contributed by atoms with Crippen LogP contribution in [-0.4, -0.2) is 33.2 Å². The molecule has 0 spiro atoms. The minimum Gasteiger partial charge on any atom is -0.494 e. The quantitative estimate of drug-likeness (QED) is 0.801. The Morgan fingerprint density at radius 3 is 2.54 bits per heavy atom. The molecule has 0 radical (unpaired) electrons. The highest BCUT2D eigenvalue weighted by Crippen LogP contribution is 2.25. The van der Waals surface area contributed by atoms with E-state index in [1.165, 1.54) is 25.1 Å². The highest BCUT2D eigenvalue weighted by Gasteiger charge is 2.31. The van der Waals surface area contributed by atoms with Gasteiger partial charge in [-0.15, -0.1) is 0 Å². The van der Waals surface area contributed by atoms with E-state index in [9.17, 15) is 17.6 Å². The Morgan fingerprint density at radius 1 is 1.23 bits per heavy atom. The minimum atomic E-state index is -3.89. The second kappa shape index (κ2) is 8.18. The van der Waals surface area contributed by atoms with Gasteiger partial charge in [-0.25, -0.2) is 12.8 Å². The van der Waals surface area contributed by atoms with Gasteiger partial charge in [0, 0.05) is 11.8 Å². The van der Waals surface area contributed by atoms with Gasteiger partial charge in [0.15, 0.2) is 0 Å². The molecule has 26 heavy (non-hydrogen) atoms. The lowest BCUT2D eigenvalue weighted by molar-refractivity contribution is -0.116. The maximum Gasteiger partial charge on any atom is 0.247 e. The van der Waals surface area contributed by atoms with Crippen LogP contribution in [0.3, 0.4) is 0 Å². The smallest absolute Gasteiger partial charge is 0.247 e. The van der Waals surface area contributed by atoms with Crippen LogP contribution >= 0.6 is 0 Å². The van der Waals surface area contributed by atoms with Crippen molar-refractivity contribution in [1.29, 1.82) is 0 Å². The summed E-state index contributed by atoms with van der Waals surface area (Å²) in [6.45, 7) is 3.71. The first-order chi connectivity index (χ1) is 12.2. The van der Waals surface area contributed by atoms with Gasteiger partial charge >= 0.3 is 0 Å². The van der Waals surface area contributed by atoms with Crippen molar-refractivity contribution < 1.29 is 22.3 Å². The van der Waals surface area contributed by atoms with Gasteiger partial charge in [0.1, 0.15) is 17.6 Å². The molecule has 2 aromatic carbocycles. The Kier molecular flexibility index (Phi) is 6.20. The van der Waals surface area contributed by atoms with Crippen LogP contribution in [0.5, 0.6) is 5.75 Å². The molecule has 0 aromatic heterocycles. The van der Waals surface area contributed by atoms with Crippen molar-refractivity contribution in [3.63, 3.8) is 0 Å². The molecule has 0 bridgehead atoms. The third-order valence-electron chi connectivity index (χ3n) is 3.59. The van der Waals surface area contributed by atoms with Crippen LogP contribution in [0.15, 0.2) is 48.5 Å². The van der Waals surface area contributed by atoms with E-state index in [-0.39, 0.29) is 5.69 Å². The number of hydrogen-bond donors (Lipinski definition) is 1. The summed E-state index contributed by atoms with van der Waals surface area (Å²) in [4.78, 5) is 12.6. The summed E-state index contributed by atoms with van der Waals surface area (Å²) in [6, 6.07) is 11.0. The van der Waals surface area contributed by atoms with E-state index >= 15 is 0 Å². The average Bonchev–Trinajstić information content (AvgIpc) is 2.56. The summed E-state index contributed by atoms with van der Waals surface area (Å²) in [5.41, 5.74) is 0.274. The fraction of sp³-hybridized carbons (Fsp3) is 0.278. The van der Waals surface area contributed by atoms with Crippen molar-refractivity contribution >= 4 is 27.3 Å². The zero-order valence-corrected chi connectivity index (χ0v) is 15.6. The van der Waals surface area contributed by atoms with Gasteiger partial charge in [0.05, 0.1) is 18.6 Å². The number of sulfonamides is 1. The summed E-state index contributed by atoms with van der Waals surface area (Å²) in [6.07, 6.45) is 0.929. The van der Waals surface area contributed by atoms with E-state index in [1.54, 1.807) is 24.3 Å². The largest absolute Gasteiger partial charge is 0.494 e. The Bertz CT molecular complexity index is 886. The van der Waals surface area contributed by atoms with Crippen molar-refractivity contribution in [3.8, 4) is 5.75 Å². The van der Waals surface area contributed by atoms with Crippen LogP contribution in [0, 0.1) is 5.82 Å². The standard InChI is InChI=1S/C18H21FN2O4S/c1-4-25-15-9-7-8-14(12-15)20-18(22)13(2)21(26(3,23)24)17-11-6-5-10-16(17)19/h5-13H,4H2,1-3H3,(H,20,22). The molecular formula is C18H21FN2O4S. The number of carbonyl (C=O) groups is 1. The molecule has 1 atom stereocenters. The van der Waals surface area contributed by atoms with Gasteiger partial charge in [0.2, 0.25) is 15.9 Å². The molecule has 1 unspecified atom stereocenters. The Morgan fingerprint density at radius 2 is 1.92 bits per heavy atom. The summed E-state index contributed by atoms with van der Waals surface area (Å²) in [5.74, 6) is -0.740. The van der Waals surface area contributed by atoms with Crippen molar-refractivity contribution in [2.45, 2.75) is 19.9 Å². The van der Waals surface area contributed by atoms with Crippen LogP contribution < -0.4 is 14.4 Å². The van der Waals surface area contributed by atoms with Crippen LogP contribution in [0.25, 0.3) is 0 Å². The molecule has 0 aliphatic rings. The lowest BCUT2D eigenvalue weighted by atomic mass is 10.2. The number of rotatable bonds is 7. The number of carbonyl (C=O) groups excluding carboxylic acids is 1. The van der Waals surface area contributed by atoms with Crippen LogP contribution in [-0.2, 0) is 14.8 Å². The van der Waals surface area contributed by atoms with Crippen molar-refractivity contribution in [1.82, 2.24) is 0 Å². The molecule has 2 rings (SSSR count). The molecule has 0 saturated carbocycles. The third-order valence-corrected chi connectivity index (χ3v) is 4.82. The van der Waals surface area contributed by atoms with E-state index in [2.05, 4.69) is 5.32 Å². The number of para-hydroxylation sites is 1. The second-order valence-corrected chi connectivity index (χ2v) is 7.50. The zero-order valence-electron chi connectivity index (χ0n) is 14.8. The predicted octanol–water partition coefficient (Wildman–Crippen LogP) is 3.02. The molecule has 1 N–H and O–H groups in total. The van der Waals surface area contributed by atoms with Crippen LogP contribution in [0.2, 0.25) is 0 Å². The summed E-state index contributed by atoms with van der Waals surface area (Å²) >= 11 is 0. The number of anilines is 2. The maximum absolute atomic E-state index is 14.1. The Hall–Kier alpha value is -2.61. The summed E-state index contributed by atoms with van der Waals surface area (Å²) < 4.78 is 44.6. The van der Waals surface area contributed by atoms with Gasteiger partial charge in [-0.1, -0.05) is 18.2 Å². The zero-order chi connectivity index (χ0) is 19.3. The van der Waals surface area contributed by atoms with Gasteiger partial charge in [0.25, 0.3) is 0 Å². The molecular weight excluding hydrogens is 359 g/mol. The SMILES string of the molecule is CCOc1cccc(NC(=O)C(C)N(c2ccccc2F)S(C)(=O)=O)c1. The number of benzene rings is 2. The molecule has 8 heteroatoms. The first kappa shape index (κ1) is 19.7. The van der Waals surface area contributed by atoms with Crippen LogP contribution in [0.1, 0.15) is 13.8 Å². The van der Waals surface area contributed by atoms with E-state index in [4.69, 9.17) is 4.74 Å². The van der Waals surface area contributed by atoms with Gasteiger partial charge < -0.3 is 10.1 Å².